The molecule has 3 aromatic rings. The van der Waals surface area contributed by atoms with E-state index in [-0.39, 0.29) is 23.5 Å². The molecular formula is C28H30O17. The molecule has 9 unspecified atom stereocenters. The minimum absolute atomic E-state index is 0.0596. The Kier molecular flexibility index (Phi) is 9.06. The third kappa shape index (κ3) is 6.33. The lowest BCUT2D eigenvalue weighted by molar-refractivity contribution is -0.278. The second-order valence-corrected chi connectivity index (χ2v) is 10.4. The van der Waals surface area contributed by atoms with Crippen molar-refractivity contribution >= 4 is 16.9 Å². The van der Waals surface area contributed by atoms with Crippen LogP contribution in [0.5, 0.6) is 28.7 Å². The van der Waals surface area contributed by atoms with Crippen LogP contribution in [0.15, 0.2) is 39.5 Å². The van der Waals surface area contributed by atoms with Gasteiger partial charge in [0.05, 0.1) is 6.61 Å². The van der Waals surface area contributed by atoms with E-state index in [2.05, 4.69) is 0 Å². The van der Waals surface area contributed by atoms with E-state index in [1.54, 1.807) is 0 Å². The molecule has 0 spiro atoms. The largest absolute Gasteiger partial charge is 0.507 e. The summed E-state index contributed by atoms with van der Waals surface area (Å²) < 4.78 is 32.6. The molecule has 1 aromatic heterocycles. The molecule has 244 valence electrons. The van der Waals surface area contributed by atoms with Crippen molar-refractivity contribution in [3.05, 3.63) is 40.6 Å². The summed E-state index contributed by atoms with van der Waals surface area (Å²) >= 11 is 0. The highest BCUT2D eigenvalue weighted by Crippen LogP contribution is 2.40. The number of phenols is 3. The zero-order chi connectivity index (χ0) is 32.7. The molecule has 0 radical (unpaired) electrons. The summed E-state index contributed by atoms with van der Waals surface area (Å²) in [6.45, 7) is 0.161. The predicted octanol–water partition coefficient (Wildman–Crippen LogP) is -1.86. The summed E-state index contributed by atoms with van der Waals surface area (Å²) in [4.78, 5) is 25.1. The van der Waals surface area contributed by atoms with Gasteiger partial charge >= 0.3 is 5.97 Å². The van der Waals surface area contributed by atoms with Crippen LogP contribution < -0.4 is 14.9 Å². The van der Waals surface area contributed by atoms with Gasteiger partial charge in [-0.25, -0.2) is 0 Å². The van der Waals surface area contributed by atoms with Gasteiger partial charge in [0, 0.05) is 24.6 Å². The predicted molar refractivity (Wildman–Crippen MR) is 145 cm³/mol. The molecule has 17 nitrogen and oxygen atoms in total. The average Bonchev–Trinajstić information content (AvgIpc) is 2.99. The zero-order valence-corrected chi connectivity index (χ0v) is 23.3. The Morgan fingerprint density at radius 2 is 1.56 bits per heavy atom. The van der Waals surface area contributed by atoms with Crippen molar-refractivity contribution in [2.45, 2.75) is 62.2 Å². The highest BCUT2D eigenvalue weighted by atomic mass is 16.7. The number of carbonyl (C=O) groups is 1. The number of rotatable bonds is 7. The van der Waals surface area contributed by atoms with E-state index in [0.717, 1.165) is 31.2 Å². The number of carbonyl (C=O) groups excluding carboxylic acids is 1. The third-order valence-electron chi connectivity index (χ3n) is 7.20. The Morgan fingerprint density at radius 3 is 2.24 bits per heavy atom. The summed E-state index contributed by atoms with van der Waals surface area (Å²) in [6.07, 6.45) is -15.0. The molecule has 9 N–H and O–H groups in total. The number of fused-ring (bicyclic) bond motifs is 1. The van der Waals surface area contributed by atoms with Gasteiger partial charge in [-0.1, -0.05) is 0 Å². The Morgan fingerprint density at radius 1 is 0.844 bits per heavy atom. The van der Waals surface area contributed by atoms with E-state index in [4.69, 9.17) is 28.1 Å². The lowest BCUT2D eigenvalue weighted by atomic mass is 9.99. The maximum atomic E-state index is 13.8. The number of hydrogen-bond acceptors (Lipinski definition) is 17. The first-order valence-electron chi connectivity index (χ1n) is 13.4. The van der Waals surface area contributed by atoms with E-state index in [9.17, 15) is 55.5 Å². The molecule has 2 aliphatic rings. The molecule has 0 saturated carbocycles. The highest BCUT2D eigenvalue weighted by Gasteiger charge is 2.46. The monoisotopic (exact) mass is 638 g/mol. The number of ether oxygens (including phenoxy) is 5. The van der Waals surface area contributed by atoms with Gasteiger partial charge in [-0.3, -0.25) is 9.59 Å². The number of aromatic hydroxyl groups is 3. The summed E-state index contributed by atoms with van der Waals surface area (Å²) in [5.74, 6) is -3.95. The van der Waals surface area contributed by atoms with Gasteiger partial charge in [-0.15, -0.1) is 0 Å². The van der Waals surface area contributed by atoms with Crippen molar-refractivity contribution in [2.24, 2.45) is 0 Å². The molecule has 2 saturated heterocycles. The molecule has 2 fully saturated rings. The van der Waals surface area contributed by atoms with Crippen LogP contribution in [0.4, 0.5) is 0 Å². The normalized spacial score (nSPS) is 30.2. The van der Waals surface area contributed by atoms with E-state index in [0.29, 0.717) is 0 Å². The van der Waals surface area contributed by atoms with Gasteiger partial charge in [0.1, 0.15) is 71.8 Å². The van der Waals surface area contributed by atoms with E-state index in [1.807, 2.05) is 0 Å². The zero-order valence-electron chi connectivity index (χ0n) is 23.3. The number of benzene rings is 2. The summed E-state index contributed by atoms with van der Waals surface area (Å²) in [7, 11) is 0. The molecule has 0 bridgehead atoms. The fourth-order valence-electron chi connectivity index (χ4n) is 4.77. The standard InChI is InChI=1S/C28H30O17/c1-9(29)40-8-17-20(35)22(37)24(39)28(44-17)45-26-21(36)18-14(32)5-11(42-27-23(38)19(34)15(33)7-41-27)6-16(18)43-25(26)10-2-3-12(30)13(31)4-10/h2-6,15,17,19-20,22-24,27-28,30-35,37-39H,7-8H2,1H3. The maximum Gasteiger partial charge on any atom is 0.302 e. The van der Waals surface area contributed by atoms with Crippen molar-refractivity contribution in [3.63, 3.8) is 0 Å². The molecule has 45 heavy (non-hydrogen) atoms. The maximum absolute atomic E-state index is 13.8. The SMILES string of the molecule is CC(=O)OCC1OC(Oc2c(-c3ccc(O)c(O)c3)oc3cc(OC4OCC(O)C(O)C4O)cc(O)c3c2=O)C(O)C(O)C1O. The van der Waals surface area contributed by atoms with Crippen LogP contribution >= 0.6 is 0 Å². The van der Waals surface area contributed by atoms with Crippen molar-refractivity contribution in [1.29, 1.82) is 0 Å². The molecule has 5 rings (SSSR count). The molecule has 17 heteroatoms. The second kappa shape index (κ2) is 12.7. The van der Waals surface area contributed by atoms with Gasteiger partial charge in [0.2, 0.25) is 23.8 Å². The van der Waals surface area contributed by atoms with Crippen LogP contribution in [-0.2, 0) is 19.0 Å². The Bertz CT molecular complexity index is 1620. The highest BCUT2D eigenvalue weighted by molar-refractivity contribution is 5.88. The third-order valence-corrected chi connectivity index (χ3v) is 7.20. The number of esters is 1. The van der Waals surface area contributed by atoms with Crippen molar-refractivity contribution < 1.29 is 78.9 Å². The minimum Gasteiger partial charge on any atom is -0.507 e. The quantitative estimate of drug-likeness (QED) is 0.101. The second-order valence-electron chi connectivity index (χ2n) is 10.4. The first-order valence-corrected chi connectivity index (χ1v) is 13.4. The van der Waals surface area contributed by atoms with Crippen LogP contribution in [0.25, 0.3) is 22.3 Å². The number of hydrogen-bond donors (Lipinski definition) is 9. The first-order chi connectivity index (χ1) is 21.3. The fraction of sp³-hybridized carbons (Fsp3) is 0.429. The van der Waals surface area contributed by atoms with E-state index in [1.165, 1.54) is 6.07 Å². The molecule has 0 amide bonds. The molecule has 0 aliphatic carbocycles. The number of aliphatic hydroxyl groups is 6. The molecule has 9 atom stereocenters. The van der Waals surface area contributed by atoms with Crippen LogP contribution in [0.3, 0.4) is 0 Å². The Hall–Kier alpha value is -4.20. The smallest absolute Gasteiger partial charge is 0.302 e. The van der Waals surface area contributed by atoms with E-state index >= 15 is 0 Å². The Balaban J connectivity index is 1.58. The minimum atomic E-state index is -1.95. The van der Waals surface area contributed by atoms with Crippen molar-refractivity contribution in [3.8, 4) is 40.1 Å². The topological polar surface area (TPSA) is 275 Å². The van der Waals surface area contributed by atoms with Crippen LogP contribution in [-0.4, -0.2) is 120 Å². The lowest BCUT2D eigenvalue weighted by Crippen LogP contribution is -2.60. The number of phenolic OH excluding ortho intramolecular Hbond substituents is 3. The molecule has 2 aliphatic heterocycles. The van der Waals surface area contributed by atoms with Gasteiger partial charge in [0.15, 0.2) is 17.3 Å². The van der Waals surface area contributed by atoms with Crippen LogP contribution in [0.2, 0.25) is 0 Å². The summed E-state index contributed by atoms with van der Waals surface area (Å²) in [6, 6.07) is 5.39. The van der Waals surface area contributed by atoms with Crippen LogP contribution in [0.1, 0.15) is 6.92 Å². The summed E-state index contributed by atoms with van der Waals surface area (Å²) in [5.41, 5.74) is -1.44. The van der Waals surface area contributed by atoms with Crippen molar-refractivity contribution in [1.82, 2.24) is 0 Å². The number of aliphatic hydroxyl groups excluding tert-OH is 6. The lowest BCUT2D eigenvalue weighted by Gasteiger charge is -2.39. The Labute approximate surface area is 252 Å². The van der Waals surface area contributed by atoms with Gasteiger partial charge in [-0.05, 0) is 18.2 Å². The molecule has 2 aromatic carbocycles. The average molecular weight is 639 g/mol. The summed E-state index contributed by atoms with van der Waals surface area (Å²) in [5, 5.41) is 91.4. The van der Waals surface area contributed by atoms with Gasteiger partial charge in [0.25, 0.3) is 0 Å². The van der Waals surface area contributed by atoms with Gasteiger partial charge in [-0.2, -0.15) is 0 Å². The first kappa shape index (κ1) is 32.2. The van der Waals surface area contributed by atoms with Crippen molar-refractivity contribution in [2.75, 3.05) is 13.2 Å². The molecular weight excluding hydrogens is 608 g/mol. The van der Waals surface area contributed by atoms with Crippen LogP contribution in [0, 0.1) is 0 Å². The molecule has 3 heterocycles. The fourth-order valence-corrected chi connectivity index (χ4v) is 4.77. The van der Waals surface area contributed by atoms with Gasteiger partial charge < -0.3 is 74.1 Å². The van der Waals surface area contributed by atoms with E-state index < -0.39 is 107 Å².